The molecule has 7 heteroatoms. The number of aromatic nitrogens is 2. The Labute approximate surface area is 108 Å². The van der Waals surface area contributed by atoms with Gasteiger partial charge in [-0.15, -0.1) is 0 Å². The standard InChI is InChI=1S/C12H12N4O3/c13-11(19)9-6-14-16-12(9)15-10(18)5-7-1-3-8(17)4-2-7/h1-4,6,17H,5H2,(H2,13,19)(H2,14,15,16,18). The molecule has 0 aliphatic heterocycles. The Kier molecular flexibility index (Phi) is 3.46. The lowest BCUT2D eigenvalue weighted by atomic mass is 10.1. The normalized spacial score (nSPS) is 10.1. The maximum absolute atomic E-state index is 11.8. The number of benzene rings is 1. The first-order chi connectivity index (χ1) is 9.06. The highest BCUT2D eigenvalue weighted by molar-refractivity contribution is 6.02. The summed E-state index contributed by atoms with van der Waals surface area (Å²) in [5.41, 5.74) is 5.98. The van der Waals surface area contributed by atoms with Gasteiger partial charge in [0.05, 0.1) is 12.6 Å². The Hall–Kier alpha value is -2.83. The highest BCUT2D eigenvalue weighted by Crippen LogP contribution is 2.12. The van der Waals surface area contributed by atoms with Gasteiger partial charge in [0.2, 0.25) is 5.91 Å². The Morgan fingerprint density at radius 1 is 1.32 bits per heavy atom. The van der Waals surface area contributed by atoms with E-state index in [4.69, 9.17) is 10.8 Å². The van der Waals surface area contributed by atoms with Gasteiger partial charge in [0.25, 0.3) is 5.91 Å². The second-order valence-corrected chi connectivity index (χ2v) is 3.91. The zero-order chi connectivity index (χ0) is 13.8. The van der Waals surface area contributed by atoms with Crippen LogP contribution in [-0.4, -0.2) is 27.1 Å². The van der Waals surface area contributed by atoms with Crippen LogP contribution in [0.25, 0.3) is 0 Å². The summed E-state index contributed by atoms with van der Waals surface area (Å²) in [6.45, 7) is 0. The molecular formula is C12H12N4O3. The number of phenolic OH excluding ortho intramolecular Hbond substituents is 1. The summed E-state index contributed by atoms with van der Waals surface area (Å²) in [7, 11) is 0. The molecule has 0 atom stereocenters. The number of hydrogen-bond acceptors (Lipinski definition) is 4. The number of carbonyl (C=O) groups is 2. The second kappa shape index (κ2) is 5.21. The van der Waals surface area contributed by atoms with Crippen LogP contribution in [0.5, 0.6) is 5.75 Å². The van der Waals surface area contributed by atoms with E-state index in [9.17, 15) is 9.59 Å². The number of nitrogens with one attached hydrogen (secondary N) is 2. The molecule has 0 saturated carbocycles. The van der Waals surface area contributed by atoms with Gasteiger partial charge in [-0.25, -0.2) is 0 Å². The van der Waals surface area contributed by atoms with Crippen LogP contribution in [-0.2, 0) is 11.2 Å². The number of nitrogens with two attached hydrogens (primary N) is 1. The van der Waals surface area contributed by atoms with Crippen LogP contribution in [0.2, 0.25) is 0 Å². The van der Waals surface area contributed by atoms with Crippen LogP contribution in [0, 0.1) is 0 Å². The average molecular weight is 260 g/mol. The highest BCUT2D eigenvalue weighted by Gasteiger charge is 2.13. The summed E-state index contributed by atoms with van der Waals surface area (Å²) >= 11 is 0. The number of primary amides is 1. The van der Waals surface area contributed by atoms with Gasteiger partial charge in [-0.3, -0.25) is 14.7 Å². The molecule has 0 radical (unpaired) electrons. The Balaban J connectivity index is 2.03. The van der Waals surface area contributed by atoms with Gasteiger partial charge >= 0.3 is 0 Å². The quantitative estimate of drug-likeness (QED) is 0.635. The van der Waals surface area contributed by atoms with Gasteiger partial charge in [-0.2, -0.15) is 5.10 Å². The molecule has 2 rings (SSSR count). The number of H-pyrrole nitrogens is 1. The number of nitrogens with zero attached hydrogens (tertiary/aromatic N) is 1. The molecule has 1 heterocycles. The zero-order valence-electron chi connectivity index (χ0n) is 9.88. The van der Waals surface area contributed by atoms with Gasteiger partial charge < -0.3 is 16.2 Å². The number of phenols is 1. The molecule has 0 fully saturated rings. The lowest BCUT2D eigenvalue weighted by Gasteiger charge is -2.04. The van der Waals surface area contributed by atoms with Crippen LogP contribution < -0.4 is 11.1 Å². The summed E-state index contributed by atoms with van der Waals surface area (Å²) in [4.78, 5) is 22.8. The lowest BCUT2D eigenvalue weighted by molar-refractivity contribution is -0.115. The van der Waals surface area contributed by atoms with Crippen LogP contribution >= 0.6 is 0 Å². The van der Waals surface area contributed by atoms with Crippen molar-refractivity contribution in [3.63, 3.8) is 0 Å². The minimum absolute atomic E-state index is 0.109. The summed E-state index contributed by atoms with van der Waals surface area (Å²) in [5, 5.41) is 17.8. The molecule has 1 aromatic heterocycles. The number of rotatable bonds is 4. The minimum atomic E-state index is -0.673. The Morgan fingerprint density at radius 3 is 2.63 bits per heavy atom. The van der Waals surface area contributed by atoms with Crippen molar-refractivity contribution in [3.05, 3.63) is 41.6 Å². The van der Waals surface area contributed by atoms with Gasteiger partial charge in [-0.1, -0.05) is 12.1 Å². The maximum Gasteiger partial charge on any atom is 0.254 e. The first kappa shape index (κ1) is 12.6. The van der Waals surface area contributed by atoms with Gasteiger partial charge in [0.1, 0.15) is 17.1 Å². The fourth-order valence-corrected chi connectivity index (χ4v) is 1.55. The Bertz CT molecular complexity index is 604. The lowest BCUT2D eigenvalue weighted by Crippen LogP contribution is -2.18. The topological polar surface area (TPSA) is 121 Å². The van der Waals surface area contributed by atoms with E-state index in [0.717, 1.165) is 5.56 Å². The van der Waals surface area contributed by atoms with Crippen molar-refractivity contribution in [3.8, 4) is 5.75 Å². The minimum Gasteiger partial charge on any atom is -0.508 e. The number of aromatic hydroxyl groups is 1. The molecule has 0 spiro atoms. The molecular weight excluding hydrogens is 248 g/mol. The summed E-state index contributed by atoms with van der Waals surface area (Å²) in [5.74, 6) is -0.684. The first-order valence-corrected chi connectivity index (χ1v) is 5.47. The number of carbonyl (C=O) groups excluding carboxylic acids is 2. The van der Waals surface area contributed by atoms with E-state index in [1.807, 2.05) is 0 Å². The molecule has 0 saturated heterocycles. The van der Waals surface area contributed by atoms with E-state index < -0.39 is 5.91 Å². The fourth-order valence-electron chi connectivity index (χ4n) is 1.55. The summed E-state index contributed by atoms with van der Waals surface area (Å²) in [6, 6.07) is 6.26. The van der Waals surface area contributed by atoms with E-state index in [1.165, 1.54) is 18.3 Å². The van der Waals surface area contributed by atoms with Crippen molar-refractivity contribution in [1.29, 1.82) is 0 Å². The molecule has 0 aliphatic rings. The van der Waals surface area contributed by atoms with E-state index in [1.54, 1.807) is 12.1 Å². The number of amides is 2. The van der Waals surface area contributed by atoms with E-state index in [-0.39, 0.29) is 29.5 Å². The molecule has 5 N–H and O–H groups in total. The number of anilines is 1. The molecule has 7 nitrogen and oxygen atoms in total. The maximum atomic E-state index is 11.8. The first-order valence-electron chi connectivity index (χ1n) is 5.47. The van der Waals surface area contributed by atoms with Crippen LogP contribution in [0.3, 0.4) is 0 Å². The molecule has 0 aliphatic carbocycles. The average Bonchev–Trinajstić information content (AvgIpc) is 2.80. The van der Waals surface area contributed by atoms with Crippen molar-refractivity contribution in [2.24, 2.45) is 5.73 Å². The molecule has 2 amide bonds. The van der Waals surface area contributed by atoms with Crippen LogP contribution in [0.1, 0.15) is 15.9 Å². The van der Waals surface area contributed by atoms with E-state index in [0.29, 0.717) is 0 Å². The van der Waals surface area contributed by atoms with Crippen molar-refractivity contribution in [2.45, 2.75) is 6.42 Å². The predicted molar refractivity (Wildman–Crippen MR) is 67.5 cm³/mol. The molecule has 19 heavy (non-hydrogen) atoms. The number of aromatic amines is 1. The summed E-state index contributed by atoms with van der Waals surface area (Å²) in [6.07, 6.45) is 1.36. The largest absolute Gasteiger partial charge is 0.508 e. The summed E-state index contributed by atoms with van der Waals surface area (Å²) < 4.78 is 0. The van der Waals surface area contributed by atoms with Crippen molar-refractivity contribution >= 4 is 17.6 Å². The fraction of sp³-hybridized carbons (Fsp3) is 0.0833. The van der Waals surface area contributed by atoms with Crippen LogP contribution in [0.15, 0.2) is 30.5 Å². The van der Waals surface area contributed by atoms with E-state index >= 15 is 0 Å². The molecule has 2 aromatic rings. The molecule has 98 valence electrons. The monoisotopic (exact) mass is 260 g/mol. The third-order valence-corrected chi connectivity index (χ3v) is 2.47. The van der Waals surface area contributed by atoms with Crippen molar-refractivity contribution in [1.82, 2.24) is 10.2 Å². The van der Waals surface area contributed by atoms with Gasteiger partial charge in [-0.05, 0) is 17.7 Å². The van der Waals surface area contributed by atoms with E-state index in [2.05, 4.69) is 15.5 Å². The number of hydrogen-bond donors (Lipinski definition) is 4. The molecule has 0 unspecified atom stereocenters. The van der Waals surface area contributed by atoms with Crippen LogP contribution in [0.4, 0.5) is 5.82 Å². The Morgan fingerprint density at radius 2 is 2.00 bits per heavy atom. The predicted octanol–water partition coefficient (Wildman–Crippen LogP) is 0.395. The van der Waals surface area contributed by atoms with Gasteiger partial charge in [0.15, 0.2) is 0 Å². The zero-order valence-corrected chi connectivity index (χ0v) is 9.88. The SMILES string of the molecule is NC(=O)c1cn[nH]c1NC(=O)Cc1ccc(O)cc1. The highest BCUT2D eigenvalue weighted by atomic mass is 16.3. The van der Waals surface area contributed by atoms with Crippen molar-refractivity contribution in [2.75, 3.05) is 5.32 Å². The van der Waals surface area contributed by atoms with Crippen molar-refractivity contribution < 1.29 is 14.7 Å². The smallest absolute Gasteiger partial charge is 0.254 e. The third kappa shape index (κ3) is 3.09. The van der Waals surface area contributed by atoms with Gasteiger partial charge in [0, 0.05) is 0 Å². The second-order valence-electron chi connectivity index (χ2n) is 3.91. The third-order valence-electron chi connectivity index (χ3n) is 2.47. The molecule has 0 bridgehead atoms. The molecule has 1 aromatic carbocycles.